The van der Waals surface area contributed by atoms with Crippen molar-refractivity contribution < 1.29 is 31.1 Å². The Bertz CT molecular complexity index is 1100. The standard InChI is InChI=1S/C15H18BrFN4O6S2/c16-11-8-10(3-4-12(11)17)9-14(19-22)15-13(20-27-21-15)2-1-5-28(23,24)6-7-29(18,25)26/h3-4,8,22H,1-2,5-7,9H2,(H2,18,25,26)/b19-14+. The first kappa shape index (κ1) is 23.4. The van der Waals surface area contributed by atoms with Gasteiger partial charge in [-0.2, -0.15) is 0 Å². The molecule has 0 aliphatic rings. The minimum atomic E-state index is -3.87. The van der Waals surface area contributed by atoms with Crippen molar-refractivity contribution in [2.75, 3.05) is 17.3 Å². The van der Waals surface area contributed by atoms with Gasteiger partial charge in [0, 0.05) is 6.42 Å². The van der Waals surface area contributed by atoms with Crippen LogP contribution in [-0.2, 0) is 32.7 Å². The van der Waals surface area contributed by atoms with Crippen LogP contribution in [0.3, 0.4) is 0 Å². The fourth-order valence-electron chi connectivity index (χ4n) is 2.40. The number of sulfone groups is 1. The van der Waals surface area contributed by atoms with Gasteiger partial charge in [-0.1, -0.05) is 16.4 Å². The number of halogens is 2. The number of aromatic nitrogens is 2. The van der Waals surface area contributed by atoms with Crippen LogP contribution in [0.2, 0.25) is 0 Å². The van der Waals surface area contributed by atoms with Gasteiger partial charge in [0.05, 0.1) is 21.7 Å². The molecule has 2 rings (SSSR count). The van der Waals surface area contributed by atoms with Crippen LogP contribution in [0.4, 0.5) is 4.39 Å². The molecule has 0 bridgehead atoms. The lowest BCUT2D eigenvalue weighted by molar-refractivity contribution is 0.300. The summed E-state index contributed by atoms with van der Waals surface area (Å²) in [6, 6.07) is 4.28. The highest BCUT2D eigenvalue weighted by Crippen LogP contribution is 2.19. The number of hydrogen-bond donors (Lipinski definition) is 2. The van der Waals surface area contributed by atoms with Crippen molar-refractivity contribution in [2.45, 2.75) is 19.3 Å². The summed E-state index contributed by atoms with van der Waals surface area (Å²) in [6.07, 6.45) is 0.359. The molecule has 29 heavy (non-hydrogen) atoms. The lowest BCUT2D eigenvalue weighted by atomic mass is 10.0. The highest BCUT2D eigenvalue weighted by molar-refractivity contribution is 9.10. The van der Waals surface area contributed by atoms with E-state index in [1.54, 1.807) is 0 Å². The lowest BCUT2D eigenvalue weighted by Gasteiger charge is -2.05. The van der Waals surface area contributed by atoms with Gasteiger partial charge in [-0.3, -0.25) is 0 Å². The van der Waals surface area contributed by atoms with E-state index in [9.17, 15) is 26.4 Å². The lowest BCUT2D eigenvalue weighted by Crippen LogP contribution is -2.24. The molecule has 1 heterocycles. The van der Waals surface area contributed by atoms with Crippen LogP contribution in [0.15, 0.2) is 32.5 Å². The Morgan fingerprint density at radius 1 is 1.21 bits per heavy atom. The van der Waals surface area contributed by atoms with Gasteiger partial charge in [0.25, 0.3) is 0 Å². The quantitative estimate of drug-likeness (QED) is 0.270. The summed E-state index contributed by atoms with van der Waals surface area (Å²) in [5.74, 6) is -1.95. The number of benzene rings is 1. The zero-order chi connectivity index (χ0) is 21.7. The van der Waals surface area contributed by atoms with E-state index in [4.69, 9.17) is 5.14 Å². The van der Waals surface area contributed by atoms with Crippen LogP contribution < -0.4 is 5.14 Å². The molecule has 160 valence electrons. The van der Waals surface area contributed by atoms with Crippen molar-refractivity contribution in [3.8, 4) is 0 Å². The Balaban J connectivity index is 2.03. The van der Waals surface area contributed by atoms with Crippen LogP contribution in [0.1, 0.15) is 23.4 Å². The highest BCUT2D eigenvalue weighted by Gasteiger charge is 2.20. The second-order valence-electron chi connectivity index (χ2n) is 6.15. The molecule has 0 amide bonds. The minimum Gasteiger partial charge on any atom is -0.411 e. The fourth-order valence-corrected chi connectivity index (χ4v) is 5.56. The number of primary sulfonamides is 1. The molecule has 1 aromatic carbocycles. The van der Waals surface area contributed by atoms with Gasteiger partial charge >= 0.3 is 0 Å². The van der Waals surface area contributed by atoms with E-state index in [1.807, 2.05) is 0 Å². The maximum absolute atomic E-state index is 13.4. The summed E-state index contributed by atoms with van der Waals surface area (Å²) in [6.45, 7) is 0. The molecule has 0 saturated heterocycles. The Hall–Kier alpha value is -1.90. The second-order valence-corrected chi connectivity index (χ2v) is 11.0. The SMILES string of the molecule is NS(=O)(=O)CCS(=O)(=O)CCCc1nonc1/C(Cc1ccc(F)c(Br)c1)=N/O. The topological polar surface area (TPSA) is 166 Å². The summed E-state index contributed by atoms with van der Waals surface area (Å²) in [5.41, 5.74) is 1.16. The van der Waals surface area contributed by atoms with Gasteiger partial charge in [0.2, 0.25) is 10.0 Å². The maximum atomic E-state index is 13.4. The number of aryl methyl sites for hydroxylation is 1. The van der Waals surface area contributed by atoms with E-state index in [-0.39, 0.29) is 46.6 Å². The first-order chi connectivity index (χ1) is 13.5. The molecule has 2 aromatic rings. The van der Waals surface area contributed by atoms with Gasteiger partial charge in [-0.05, 0) is 51.6 Å². The van der Waals surface area contributed by atoms with Crippen LogP contribution in [0.5, 0.6) is 0 Å². The second kappa shape index (κ2) is 9.73. The molecule has 0 aliphatic heterocycles. The maximum Gasteiger partial charge on any atom is 0.210 e. The van der Waals surface area contributed by atoms with Crippen LogP contribution >= 0.6 is 15.9 Å². The van der Waals surface area contributed by atoms with E-state index in [0.29, 0.717) is 5.56 Å². The van der Waals surface area contributed by atoms with Crippen molar-refractivity contribution in [3.05, 3.63) is 45.4 Å². The molecule has 3 N–H and O–H groups in total. The fraction of sp³-hybridized carbons (Fsp3) is 0.400. The monoisotopic (exact) mass is 512 g/mol. The average molecular weight is 513 g/mol. The van der Waals surface area contributed by atoms with Gasteiger partial charge in [0.15, 0.2) is 15.5 Å². The number of oxime groups is 1. The molecule has 10 nitrogen and oxygen atoms in total. The molecular weight excluding hydrogens is 495 g/mol. The minimum absolute atomic E-state index is 0.100. The normalized spacial score (nSPS) is 13.0. The number of nitrogens with zero attached hydrogens (tertiary/aromatic N) is 3. The van der Waals surface area contributed by atoms with E-state index in [0.717, 1.165) is 0 Å². The van der Waals surface area contributed by atoms with Crippen molar-refractivity contribution in [1.82, 2.24) is 10.3 Å². The largest absolute Gasteiger partial charge is 0.411 e. The van der Waals surface area contributed by atoms with Gasteiger partial charge in [0.1, 0.15) is 17.2 Å². The van der Waals surface area contributed by atoms with Crippen LogP contribution in [0, 0.1) is 5.82 Å². The average Bonchev–Trinajstić information content (AvgIpc) is 3.09. The molecule has 0 unspecified atom stereocenters. The smallest absolute Gasteiger partial charge is 0.210 e. The van der Waals surface area contributed by atoms with Crippen molar-refractivity contribution in [1.29, 1.82) is 0 Å². The Morgan fingerprint density at radius 2 is 1.93 bits per heavy atom. The molecular formula is C15H18BrFN4O6S2. The van der Waals surface area contributed by atoms with Gasteiger partial charge < -0.3 is 5.21 Å². The number of nitrogens with two attached hydrogens (primary N) is 1. The molecule has 0 atom stereocenters. The molecule has 14 heteroatoms. The van der Waals surface area contributed by atoms with Crippen molar-refractivity contribution in [2.24, 2.45) is 10.3 Å². The molecule has 0 fully saturated rings. The predicted octanol–water partition coefficient (Wildman–Crippen LogP) is 1.03. The third kappa shape index (κ3) is 7.45. The highest BCUT2D eigenvalue weighted by atomic mass is 79.9. The summed E-state index contributed by atoms with van der Waals surface area (Å²) in [7, 11) is -7.49. The van der Waals surface area contributed by atoms with Crippen molar-refractivity contribution in [3.63, 3.8) is 0 Å². The van der Waals surface area contributed by atoms with Gasteiger partial charge in [-0.15, -0.1) is 0 Å². The van der Waals surface area contributed by atoms with E-state index in [1.165, 1.54) is 18.2 Å². The number of rotatable bonds is 10. The van der Waals surface area contributed by atoms with E-state index >= 15 is 0 Å². The first-order valence-corrected chi connectivity index (χ1v) is 12.5. The van der Waals surface area contributed by atoms with Crippen LogP contribution in [-0.4, -0.2) is 55.3 Å². The first-order valence-electron chi connectivity index (χ1n) is 8.18. The summed E-state index contributed by atoms with van der Waals surface area (Å²) in [5, 5.41) is 24.8. The molecule has 0 saturated carbocycles. The molecule has 1 aromatic heterocycles. The molecule has 0 radical (unpaired) electrons. The third-order valence-electron chi connectivity index (χ3n) is 3.85. The van der Waals surface area contributed by atoms with E-state index in [2.05, 4.69) is 36.0 Å². The van der Waals surface area contributed by atoms with Crippen LogP contribution in [0.25, 0.3) is 0 Å². The number of hydrogen-bond acceptors (Lipinski definition) is 9. The van der Waals surface area contributed by atoms with Crippen molar-refractivity contribution >= 4 is 41.5 Å². The zero-order valence-electron chi connectivity index (χ0n) is 15.0. The summed E-state index contributed by atoms with van der Waals surface area (Å²) in [4.78, 5) is 0. The van der Waals surface area contributed by atoms with E-state index < -0.39 is 37.2 Å². The Labute approximate surface area is 175 Å². The Kier molecular flexibility index (Phi) is 7.85. The summed E-state index contributed by atoms with van der Waals surface area (Å²) >= 11 is 3.07. The van der Waals surface area contributed by atoms with Gasteiger partial charge in [-0.25, -0.2) is 31.0 Å². The third-order valence-corrected chi connectivity index (χ3v) is 7.23. The number of sulfonamides is 1. The zero-order valence-corrected chi connectivity index (χ0v) is 18.2. The predicted molar refractivity (Wildman–Crippen MR) is 105 cm³/mol. The summed E-state index contributed by atoms with van der Waals surface area (Å²) < 4.78 is 63.9. The molecule has 0 aliphatic carbocycles. The molecule has 0 spiro atoms. The Morgan fingerprint density at radius 3 is 2.55 bits per heavy atom.